The van der Waals surface area contributed by atoms with Crippen molar-refractivity contribution in [2.75, 3.05) is 25.1 Å². The van der Waals surface area contributed by atoms with Gasteiger partial charge in [0.2, 0.25) is 0 Å². The van der Waals surface area contributed by atoms with Gasteiger partial charge in [0.25, 0.3) is 0 Å². The van der Waals surface area contributed by atoms with Gasteiger partial charge in [-0.05, 0) is 44.0 Å². The molecule has 1 N–H and O–H groups in total. The van der Waals surface area contributed by atoms with Crippen molar-refractivity contribution in [1.29, 1.82) is 0 Å². The van der Waals surface area contributed by atoms with E-state index < -0.39 is 6.10 Å². The van der Waals surface area contributed by atoms with E-state index in [2.05, 4.69) is 18.2 Å². The molecule has 0 aromatic heterocycles. The van der Waals surface area contributed by atoms with Crippen LogP contribution in [0.25, 0.3) is 0 Å². The average Bonchev–Trinajstić information content (AvgIpc) is 2.27. The Labute approximate surface area is 115 Å². The Bertz CT molecular complexity index is 411. The number of aliphatic hydroxyl groups excluding tert-OH is 1. The van der Waals surface area contributed by atoms with Gasteiger partial charge in [-0.2, -0.15) is 0 Å². The van der Waals surface area contributed by atoms with Crippen LogP contribution in [0.5, 0.6) is 0 Å². The van der Waals surface area contributed by atoms with Gasteiger partial charge in [0.15, 0.2) is 0 Å². The van der Waals surface area contributed by atoms with Crippen LogP contribution in [0.1, 0.15) is 24.5 Å². The van der Waals surface area contributed by atoms with Crippen molar-refractivity contribution >= 4 is 11.7 Å². The Kier molecular flexibility index (Phi) is 5.83. The lowest BCUT2D eigenvalue weighted by Gasteiger charge is -2.23. The number of benzene rings is 1. The fraction of sp³-hybridized carbons (Fsp3) is 0.533. The maximum absolute atomic E-state index is 11.3. The second-order valence-electron chi connectivity index (χ2n) is 4.89. The summed E-state index contributed by atoms with van der Waals surface area (Å²) in [6.07, 6.45) is -0.687. The molecule has 0 aliphatic carbocycles. The molecule has 106 valence electrons. The Balaban J connectivity index is 2.58. The van der Waals surface area contributed by atoms with Crippen molar-refractivity contribution in [1.82, 2.24) is 0 Å². The third kappa shape index (κ3) is 5.30. The standard InChI is InChI=1S/C15H23NO3/c1-5-19-15(18)9-14(17)10-16(4)13-7-11(2)6-12(3)8-13/h6-8,14,17H,5,9-10H2,1-4H3. The molecule has 1 aromatic carbocycles. The van der Waals surface area contributed by atoms with Gasteiger partial charge in [0.1, 0.15) is 0 Å². The zero-order chi connectivity index (χ0) is 14.4. The van der Waals surface area contributed by atoms with E-state index in [1.807, 2.05) is 25.8 Å². The highest BCUT2D eigenvalue weighted by atomic mass is 16.5. The lowest BCUT2D eigenvalue weighted by atomic mass is 10.1. The number of likely N-dealkylation sites (N-methyl/N-ethyl adjacent to an activating group) is 1. The molecule has 0 fully saturated rings. The quantitative estimate of drug-likeness (QED) is 0.800. The van der Waals surface area contributed by atoms with Crippen molar-refractivity contribution in [2.45, 2.75) is 33.3 Å². The monoisotopic (exact) mass is 265 g/mol. The van der Waals surface area contributed by atoms with Crippen LogP contribution in [-0.2, 0) is 9.53 Å². The summed E-state index contributed by atoms with van der Waals surface area (Å²) in [7, 11) is 1.91. The van der Waals surface area contributed by atoms with Gasteiger partial charge < -0.3 is 14.7 Å². The molecule has 0 bridgehead atoms. The van der Waals surface area contributed by atoms with E-state index in [1.165, 1.54) is 11.1 Å². The third-order valence-electron chi connectivity index (χ3n) is 2.84. The van der Waals surface area contributed by atoms with Crippen molar-refractivity contribution in [3.8, 4) is 0 Å². The van der Waals surface area contributed by atoms with Crippen molar-refractivity contribution in [3.63, 3.8) is 0 Å². The number of rotatable bonds is 6. The molecule has 0 saturated heterocycles. The number of ether oxygens (including phenoxy) is 1. The van der Waals surface area contributed by atoms with Crippen molar-refractivity contribution in [3.05, 3.63) is 29.3 Å². The highest BCUT2D eigenvalue weighted by molar-refractivity contribution is 5.70. The molecule has 4 nitrogen and oxygen atoms in total. The van der Waals surface area contributed by atoms with E-state index in [0.717, 1.165) is 5.69 Å². The number of hydrogen-bond acceptors (Lipinski definition) is 4. The van der Waals surface area contributed by atoms with E-state index in [0.29, 0.717) is 13.2 Å². The van der Waals surface area contributed by atoms with Crippen molar-refractivity contribution in [2.24, 2.45) is 0 Å². The van der Waals surface area contributed by atoms with Gasteiger partial charge >= 0.3 is 5.97 Å². The second kappa shape index (κ2) is 7.14. The lowest BCUT2D eigenvalue weighted by Crippen LogP contribution is -2.31. The van der Waals surface area contributed by atoms with Gasteiger partial charge in [-0.25, -0.2) is 0 Å². The third-order valence-corrected chi connectivity index (χ3v) is 2.84. The first kappa shape index (κ1) is 15.5. The van der Waals surface area contributed by atoms with Crippen LogP contribution in [0.3, 0.4) is 0 Å². The molecule has 4 heteroatoms. The summed E-state index contributed by atoms with van der Waals surface area (Å²) in [5, 5.41) is 9.87. The number of carbonyl (C=O) groups is 1. The number of hydrogen-bond donors (Lipinski definition) is 1. The van der Waals surface area contributed by atoms with Gasteiger partial charge in [0.05, 0.1) is 19.1 Å². The normalized spacial score (nSPS) is 12.1. The molecule has 1 unspecified atom stereocenters. The zero-order valence-electron chi connectivity index (χ0n) is 12.1. The molecule has 0 aliphatic heterocycles. The fourth-order valence-electron chi connectivity index (χ4n) is 2.07. The fourth-order valence-corrected chi connectivity index (χ4v) is 2.07. The Morgan fingerprint density at radius 2 is 1.89 bits per heavy atom. The van der Waals surface area contributed by atoms with Crippen LogP contribution < -0.4 is 4.90 Å². The second-order valence-corrected chi connectivity index (χ2v) is 4.89. The number of carbonyl (C=O) groups excluding carboxylic acids is 1. The first-order valence-corrected chi connectivity index (χ1v) is 6.55. The Morgan fingerprint density at radius 3 is 2.42 bits per heavy atom. The topological polar surface area (TPSA) is 49.8 Å². The summed E-state index contributed by atoms with van der Waals surface area (Å²) < 4.78 is 4.82. The summed E-state index contributed by atoms with van der Waals surface area (Å²) in [5.74, 6) is -0.358. The predicted octanol–water partition coefficient (Wildman–Crippen LogP) is 2.05. The molecule has 0 radical (unpaired) electrons. The van der Waals surface area contributed by atoms with Gasteiger partial charge in [-0.1, -0.05) is 6.07 Å². The minimum atomic E-state index is -0.718. The summed E-state index contributed by atoms with van der Waals surface area (Å²) >= 11 is 0. The van der Waals surface area contributed by atoms with Gasteiger partial charge in [-0.15, -0.1) is 0 Å². The number of nitrogens with zero attached hydrogens (tertiary/aromatic N) is 1. The molecule has 0 saturated carbocycles. The smallest absolute Gasteiger partial charge is 0.308 e. The maximum atomic E-state index is 11.3. The van der Waals surface area contributed by atoms with Gasteiger partial charge in [-0.3, -0.25) is 4.79 Å². The number of aliphatic hydroxyl groups is 1. The van der Waals surface area contributed by atoms with Crippen molar-refractivity contribution < 1.29 is 14.6 Å². The van der Waals surface area contributed by atoms with Crippen LogP contribution in [0.2, 0.25) is 0 Å². The predicted molar refractivity (Wildman–Crippen MR) is 76.4 cm³/mol. The van der Waals surface area contributed by atoms with Crippen LogP contribution in [0.15, 0.2) is 18.2 Å². The minimum Gasteiger partial charge on any atom is -0.466 e. The van der Waals surface area contributed by atoms with E-state index >= 15 is 0 Å². The van der Waals surface area contributed by atoms with Crippen LogP contribution in [0.4, 0.5) is 5.69 Å². The Morgan fingerprint density at radius 1 is 1.32 bits per heavy atom. The van der Waals surface area contributed by atoms with E-state index in [1.54, 1.807) is 6.92 Å². The molecular formula is C15H23NO3. The summed E-state index contributed by atoms with van der Waals surface area (Å²) in [6.45, 7) is 6.59. The van der Waals surface area contributed by atoms with E-state index in [4.69, 9.17) is 4.74 Å². The largest absolute Gasteiger partial charge is 0.466 e. The lowest BCUT2D eigenvalue weighted by molar-refractivity contribution is -0.145. The van der Waals surface area contributed by atoms with E-state index in [-0.39, 0.29) is 12.4 Å². The molecule has 0 heterocycles. The average molecular weight is 265 g/mol. The molecule has 1 aromatic rings. The molecular weight excluding hydrogens is 242 g/mol. The first-order chi connectivity index (χ1) is 8.92. The molecule has 0 aliphatic rings. The Hall–Kier alpha value is -1.55. The minimum absolute atomic E-state index is 0.0307. The molecule has 19 heavy (non-hydrogen) atoms. The zero-order valence-corrected chi connectivity index (χ0v) is 12.1. The SMILES string of the molecule is CCOC(=O)CC(O)CN(C)c1cc(C)cc(C)c1. The molecule has 1 atom stereocenters. The highest BCUT2D eigenvalue weighted by Crippen LogP contribution is 2.18. The highest BCUT2D eigenvalue weighted by Gasteiger charge is 2.14. The number of anilines is 1. The first-order valence-electron chi connectivity index (χ1n) is 6.55. The number of aryl methyl sites for hydroxylation is 2. The summed E-state index contributed by atoms with van der Waals surface area (Å²) in [6, 6.07) is 6.22. The molecule has 1 rings (SSSR count). The van der Waals surface area contributed by atoms with Crippen LogP contribution in [-0.4, -0.2) is 37.4 Å². The summed E-state index contributed by atoms with van der Waals surface area (Å²) in [4.78, 5) is 13.2. The molecule has 0 spiro atoms. The van der Waals surface area contributed by atoms with Gasteiger partial charge in [0, 0.05) is 19.3 Å². The maximum Gasteiger partial charge on any atom is 0.308 e. The number of esters is 1. The van der Waals surface area contributed by atoms with Crippen LogP contribution in [0, 0.1) is 13.8 Å². The van der Waals surface area contributed by atoms with Crippen LogP contribution >= 0.6 is 0 Å². The van der Waals surface area contributed by atoms with E-state index in [9.17, 15) is 9.90 Å². The molecule has 0 amide bonds. The summed E-state index contributed by atoms with van der Waals surface area (Å²) in [5.41, 5.74) is 3.41.